The SMILES string of the molecule is CCn1cnnc1[C@H]1CN(CCOc2ccccc2F)CCO1. The fraction of sp³-hybridized carbons (Fsp3) is 0.500. The largest absolute Gasteiger partial charge is 0.489 e. The van der Waals surface area contributed by atoms with Gasteiger partial charge in [0.1, 0.15) is 19.0 Å². The number of para-hydroxylation sites is 1. The number of hydrogen-bond acceptors (Lipinski definition) is 5. The molecule has 23 heavy (non-hydrogen) atoms. The van der Waals surface area contributed by atoms with E-state index in [1.807, 2.05) is 4.57 Å². The Morgan fingerprint density at radius 2 is 2.26 bits per heavy atom. The molecule has 0 radical (unpaired) electrons. The van der Waals surface area contributed by atoms with Crippen LogP contribution in [0.3, 0.4) is 0 Å². The van der Waals surface area contributed by atoms with Gasteiger partial charge < -0.3 is 14.0 Å². The summed E-state index contributed by atoms with van der Waals surface area (Å²) in [6.07, 6.45) is 1.64. The number of aromatic nitrogens is 3. The molecule has 1 aliphatic rings. The van der Waals surface area contributed by atoms with Gasteiger partial charge in [0.25, 0.3) is 0 Å². The summed E-state index contributed by atoms with van der Waals surface area (Å²) in [6.45, 7) is 6.23. The molecular weight excluding hydrogens is 299 g/mol. The molecule has 2 aromatic rings. The van der Waals surface area contributed by atoms with Gasteiger partial charge in [0.2, 0.25) is 0 Å². The number of halogens is 1. The number of aryl methyl sites for hydroxylation is 1. The summed E-state index contributed by atoms with van der Waals surface area (Å²) in [5.41, 5.74) is 0. The average Bonchev–Trinajstić information content (AvgIpc) is 3.06. The first-order chi connectivity index (χ1) is 11.3. The van der Waals surface area contributed by atoms with Gasteiger partial charge in [-0.1, -0.05) is 12.1 Å². The van der Waals surface area contributed by atoms with Crippen LogP contribution >= 0.6 is 0 Å². The molecule has 1 aromatic carbocycles. The summed E-state index contributed by atoms with van der Waals surface area (Å²) in [4.78, 5) is 2.24. The average molecular weight is 320 g/mol. The zero-order valence-electron chi connectivity index (χ0n) is 13.2. The normalized spacial score (nSPS) is 19.0. The van der Waals surface area contributed by atoms with E-state index >= 15 is 0 Å². The maximum Gasteiger partial charge on any atom is 0.165 e. The molecule has 1 aliphatic heterocycles. The van der Waals surface area contributed by atoms with Crippen molar-refractivity contribution >= 4 is 0 Å². The van der Waals surface area contributed by atoms with Crippen molar-refractivity contribution in [3.63, 3.8) is 0 Å². The van der Waals surface area contributed by atoms with Crippen LogP contribution in [0.15, 0.2) is 30.6 Å². The molecule has 0 saturated carbocycles. The van der Waals surface area contributed by atoms with Gasteiger partial charge in [-0.15, -0.1) is 10.2 Å². The first-order valence-corrected chi connectivity index (χ1v) is 7.87. The molecule has 1 atom stereocenters. The van der Waals surface area contributed by atoms with Gasteiger partial charge in [-0.2, -0.15) is 0 Å². The van der Waals surface area contributed by atoms with Crippen molar-refractivity contribution in [2.75, 3.05) is 32.8 Å². The number of ether oxygens (including phenoxy) is 2. The highest BCUT2D eigenvalue weighted by Gasteiger charge is 2.25. The fourth-order valence-corrected chi connectivity index (χ4v) is 2.67. The van der Waals surface area contributed by atoms with Crippen molar-refractivity contribution in [2.24, 2.45) is 0 Å². The van der Waals surface area contributed by atoms with E-state index in [0.29, 0.717) is 25.5 Å². The Kier molecular flexibility index (Phi) is 5.19. The molecule has 0 bridgehead atoms. The Hall–Kier alpha value is -1.99. The van der Waals surface area contributed by atoms with Gasteiger partial charge in [-0.25, -0.2) is 4.39 Å². The lowest BCUT2D eigenvalue weighted by atomic mass is 10.2. The Balaban J connectivity index is 1.52. The fourth-order valence-electron chi connectivity index (χ4n) is 2.67. The smallest absolute Gasteiger partial charge is 0.165 e. The van der Waals surface area contributed by atoms with Gasteiger partial charge in [-0.3, -0.25) is 4.90 Å². The molecule has 1 fully saturated rings. The second-order valence-electron chi connectivity index (χ2n) is 5.41. The van der Waals surface area contributed by atoms with Gasteiger partial charge >= 0.3 is 0 Å². The van der Waals surface area contributed by atoms with E-state index in [1.165, 1.54) is 6.07 Å². The first kappa shape index (κ1) is 15.9. The Morgan fingerprint density at radius 3 is 3.09 bits per heavy atom. The molecule has 124 valence electrons. The third-order valence-corrected chi connectivity index (χ3v) is 3.93. The Bertz CT molecular complexity index is 634. The second-order valence-corrected chi connectivity index (χ2v) is 5.41. The lowest BCUT2D eigenvalue weighted by Crippen LogP contribution is -2.41. The lowest BCUT2D eigenvalue weighted by Gasteiger charge is -2.32. The summed E-state index contributed by atoms with van der Waals surface area (Å²) in [5, 5.41) is 8.12. The monoisotopic (exact) mass is 320 g/mol. The highest BCUT2D eigenvalue weighted by molar-refractivity contribution is 5.23. The number of benzene rings is 1. The summed E-state index contributed by atoms with van der Waals surface area (Å²) >= 11 is 0. The highest BCUT2D eigenvalue weighted by atomic mass is 19.1. The van der Waals surface area contributed by atoms with Crippen LogP contribution in [0.1, 0.15) is 18.9 Å². The molecule has 3 rings (SSSR count). The van der Waals surface area contributed by atoms with E-state index in [2.05, 4.69) is 22.0 Å². The maximum absolute atomic E-state index is 13.5. The van der Waals surface area contributed by atoms with Crippen LogP contribution in [0.25, 0.3) is 0 Å². The van der Waals surface area contributed by atoms with Gasteiger partial charge in [0.05, 0.1) is 6.61 Å². The van der Waals surface area contributed by atoms with Crippen molar-refractivity contribution in [2.45, 2.75) is 19.6 Å². The van der Waals surface area contributed by atoms with Crippen LogP contribution in [0.2, 0.25) is 0 Å². The van der Waals surface area contributed by atoms with Gasteiger partial charge in [0.15, 0.2) is 17.4 Å². The van der Waals surface area contributed by atoms with Gasteiger partial charge in [0, 0.05) is 26.2 Å². The van der Waals surface area contributed by atoms with E-state index in [-0.39, 0.29) is 11.9 Å². The predicted molar refractivity (Wildman–Crippen MR) is 82.7 cm³/mol. The van der Waals surface area contributed by atoms with Gasteiger partial charge in [-0.05, 0) is 19.1 Å². The molecule has 0 N–H and O–H groups in total. The molecule has 0 amide bonds. The van der Waals surface area contributed by atoms with Crippen LogP contribution in [-0.4, -0.2) is 52.5 Å². The summed E-state index contributed by atoms with van der Waals surface area (Å²) in [6, 6.07) is 6.46. The molecule has 0 spiro atoms. The van der Waals surface area contributed by atoms with Crippen molar-refractivity contribution in [1.29, 1.82) is 0 Å². The number of hydrogen-bond donors (Lipinski definition) is 0. The number of morpholine rings is 1. The van der Waals surface area contributed by atoms with Crippen LogP contribution in [-0.2, 0) is 11.3 Å². The predicted octanol–water partition coefficient (Wildman–Crippen LogP) is 1.89. The minimum atomic E-state index is -0.330. The van der Waals surface area contributed by atoms with Crippen LogP contribution in [0, 0.1) is 5.82 Å². The molecule has 6 nitrogen and oxygen atoms in total. The number of nitrogens with zero attached hydrogens (tertiary/aromatic N) is 4. The topological polar surface area (TPSA) is 52.4 Å². The van der Waals surface area contributed by atoms with Crippen molar-refractivity contribution in [1.82, 2.24) is 19.7 Å². The highest BCUT2D eigenvalue weighted by Crippen LogP contribution is 2.20. The Morgan fingerprint density at radius 1 is 1.39 bits per heavy atom. The van der Waals surface area contributed by atoms with E-state index in [9.17, 15) is 4.39 Å². The van der Waals surface area contributed by atoms with Crippen molar-refractivity contribution in [3.8, 4) is 5.75 Å². The molecule has 2 heterocycles. The summed E-state index contributed by atoms with van der Waals surface area (Å²) < 4.78 is 26.8. The molecule has 7 heteroatoms. The van der Waals surface area contributed by atoms with E-state index < -0.39 is 0 Å². The first-order valence-electron chi connectivity index (χ1n) is 7.87. The maximum atomic E-state index is 13.5. The van der Waals surface area contributed by atoms with E-state index in [4.69, 9.17) is 9.47 Å². The minimum Gasteiger partial charge on any atom is -0.489 e. The van der Waals surface area contributed by atoms with Crippen LogP contribution in [0.5, 0.6) is 5.75 Å². The molecule has 1 aromatic heterocycles. The van der Waals surface area contributed by atoms with Crippen LogP contribution in [0.4, 0.5) is 4.39 Å². The lowest BCUT2D eigenvalue weighted by molar-refractivity contribution is -0.0388. The van der Waals surface area contributed by atoms with Crippen molar-refractivity contribution in [3.05, 3.63) is 42.2 Å². The Labute approximate surface area is 134 Å². The molecule has 0 unspecified atom stereocenters. The second kappa shape index (κ2) is 7.52. The van der Waals surface area contributed by atoms with Crippen LogP contribution < -0.4 is 4.74 Å². The zero-order chi connectivity index (χ0) is 16.1. The minimum absolute atomic E-state index is 0.0836. The summed E-state index contributed by atoms with van der Waals surface area (Å²) in [7, 11) is 0. The third kappa shape index (κ3) is 3.86. The quantitative estimate of drug-likeness (QED) is 0.813. The van der Waals surface area contributed by atoms with E-state index in [0.717, 1.165) is 25.5 Å². The number of rotatable bonds is 6. The molecular formula is C16H21FN4O2. The summed E-state index contributed by atoms with van der Waals surface area (Å²) in [5.74, 6) is 0.818. The third-order valence-electron chi connectivity index (χ3n) is 3.93. The standard InChI is InChI=1S/C16H21FN4O2/c1-2-21-12-18-19-16(21)15-11-20(8-10-23-15)7-9-22-14-6-4-3-5-13(14)17/h3-6,12,15H,2,7-11H2,1H3/t15-/m1/s1. The molecule has 1 saturated heterocycles. The molecule has 0 aliphatic carbocycles. The van der Waals surface area contributed by atoms with E-state index in [1.54, 1.807) is 24.5 Å². The zero-order valence-corrected chi connectivity index (χ0v) is 13.2. The van der Waals surface area contributed by atoms with Crippen molar-refractivity contribution < 1.29 is 13.9 Å².